The summed E-state index contributed by atoms with van der Waals surface area (Å²) >= 11 is 11.2. The number of carbonyl (C=O) groups is 2. The number of hydrogen-bond acceptors (Lipinski definition) is 3. The topological polar surface area (TPSA) is 58.2 Å². The van der Waals surface area contributed by atoms with Crippen LogP contribution in [0.5, 0.6) is 0 Å². The zero-order valence-corrected chi connectivity index (χ0v) is 18.3. The van der Waals surface area contributed by atoms with Crippen molar-refractivity contribution in [1.82, 2.24) is 10.6 Å². The Morgan fingerprint density at radius 3 is 2.44 bits per heavy atom. The highest BCUT2D eigenvalue weighted by molar-refractivity contribution is 9.10. The molecule has 0 aliphatic carbocycles. The molecular weight excluding hydrogens is 448 g/mol. The Kier molecular flexibility index (Phi) is 8.67. The minimum absolute atomic E-state index is 0.225. The van der Waals surface area contributed by atoms with Crippen molar-refractivity contribution in [3.8, 4) is 0 Å². The highest BCUT2D eigenvalue weighted by atomic mass is 79.9. The molecule has 0 radical (unpaired) electrons. The molecule has 2 aromatic rings. The molecule has 2 aromatic carbocycles. The third-order valence-corrected chi connectivity index (χ3v) is 5.76. The predicted molar refractivity (Wildman–Crippen MR) is 116 cm³/mol. The predicted octanol–water partition coefficient (Wildman–Crippen LogP) is 4.83. The van der Waals surface area contributed by atoms with Crippen molar-refractivity contribution in [2.45, 2.75) is 25.4 Å². The number of halogens is 2. The van der Waals surface area contributed by atoms with Gasteiger partial charge in [-0.3, -0.25) is 9.59 Å². The van der Waals surface area contributed by atoms with Gasteiger partial charge in [0.25, 0.3) is 5.91 Å². The first-order valence-electron chi connectivity index (χ1n) is 8.53. The summed E-state index contributed by atoms with van der Waals surface area (Å²) in [6.07, 6.45) is 2.51. The lowest BCUT2D eigenvalue weighted by atomic mass is 10.1. The molecule has 0 bridgehead atoms. The van der Waals surface area contributed by atoms with E-state index >= 15 is 0 Å². The molecule has 0 aromatic heterocycles. The Hall–Kier alpha value is -1.50. The molecule has 2 unspecified atom stereocenters. The first kappa shape index (κ1) is 21.8. The van der Waals surface area contributed by atoms with Crippen molar-refractivity contribution in [1.29, 1.82) is 0 Å². The summed E-state index contributed by atoms with van der Waals surface area (Å²) in [5.74, 6) is 0.250. The lowest BCUT2D eigenvalue weighted by Crippen LogP contribution is -2.47. The van der Waals surface area contributed by atoms with Crippen LogP contribution in [0, 0.1) is 0 Å². The molecule has 2 N–H and O–H groups in total. The quantitative estimate of drug-likeness (QED) is 0.582. The fourth-order valence-corrected chi connectivity index (χ4v) is 3.84. The summed E-state index contributed by atoms with van der Waals surface area (Å²) in [4.78, 5) is 25.4. The van der Waals surface area contributed by atoms with Gasteiger partial charge >= 0.3 is 0 Å². The number of thioether (sulfide) groups is 1. The van der Waals surface area contributed by atoms with Crippen molar-refractivity contribution in [3.05, 3.63) is 69.2 Å². The van der Waals surface area contributed by atoms with Gasteiger partial charge in [0.2, 0.25) is 5.91 Å². The molecule has 2 atom stereocenters. The zero-order chi connectivity index (χ0) is 19.8. The highest BCUT2D eigenvalue weighted by Crippen LogP contribution is 2.22. The molecule has 2 rings (SSSR count). The third-order valence-electron chi connectivity index (χ3n) is 4.08. The minimum Gasteiger partial charge on any atom is -0.348 e. The smallest absolute Gasteiger partial charge is 0.253 e. The third kappa shape index (κ3) is 6.26. The monoisotopic (exact) mass is 468 g/mol. The van der Waals surface area contributed by atoms with E-state index in [1.807, 2.05) is 37.4 Å². The van der Waals surface area contributed by atoms with Gasteiger partial charge in [-0.05, 0) is 65.0 Å². The lowest BCUT2D eigenvalue weighted by Gasteiger charge is -2.22. The van der Waals surface area contributed by atoms with E-state index in [-0.39, 0.29) is 17.9 Å². The normalized spacial score (nSPS) is 12.9. The molecule has 0 saturated carbocycles. The number of nitrogens with one attached hydrogen (secondary N) is 2. The Labute approximate surface area is 177 Å². The maximum atomic E-state index is 12.8. The van der Waals surface area contributed by atoms with Crippen LogP contribution in [0.15, 0.2) is 53.0 Å². The van der Waals surface area contributed by atoms with Gasteiger partial charge in [0.15, 0.2) is 0 Å². The van der Waals surface area contributed by atoms with Crippen LogP contribution in [0.4, 0.5) is 0 Å². The first-order valence-corrected chi connectivity index (χ1v) is 11.1. The molecule has 4 nitrogen and oxygen atoms in total. The summed E-state index contributed by atoms with van der Waals surface area (Å²) in [6, 6.07) is 13.7. The van der Waals surface area contributed by atoms with E-state index in [2.05, 4.69) is 26.6 Å². The molecule has 0 heterocycles. The molecule has 0 fully saturated rings. The van der Waals surface area contributed by atoms with Crippen LogP contribution >= 0.6 is 39.3 Å². The lowest BCUT2D eigenvalue weighted by molar-refractivity contribution is -0.123. The van der Waals surface area contributed by atoms with Crippen LogP contribution in [0.2, 0.25) is 5.02 Å². The molecule has 0 saturated heterocycles. The minimum atomic E-state index is -0.623. The summed E-state index contributed by atoms with van der Waals surface area (Å²) in [5.41, 5.74) is 1.34. The number of hydrogen-bond donors (Lipinski definition) is 2. The van der Waals surface area contributed by atoms with E-state index in [0.29, 0.717) is 21.5 Å². The number of rotatable bonds is 8. The van der Waals surface area contributed by atoms with E-state index in [0.717, 1.165) is 11.3 Å². The van der Waals surface area contributed by atoms with Crippen LogP contribution < -0.4 is 10.6 Å². The molecule has 144 valence electrons. The SMILES string of the molecule is CSCCC(NC(=O)c1ccccc1Br)C(=O)NC(C)c1ccccc1Cl. The first-order chi connectivity index (χ1) is 12.9. The maximum absolute atomic E-state index is 12.8. The van der Waals surface area contributed by atoms with Crippen LogP contribution in [0.25, 0.3) is 0 Å². The molecule has 27 heavy (non-hydrogen) atoms. The van der Waals surface area contributed by atoms with E-state index in [1.54, 1.807) is 36.0 Å². The van der Waals surface area contributed by atoms with Crippen molar-refractivity contribution in [2.24, 2.45) is 0 Å². The molecule has 0 aliphatic rings. The van der Waals surface area contributed by atoms with Crippen LogP contribution in [0.3, 0.4) is 0 Å². The highest BCUT2D eigenvalue weighted by Gasteiger charge is 2.24. The Morgan fingerprint density at radius 1 is 1.11 bits per heavy atom. The molecule has 2 amide bonds. The number of carbonyl (C=O) groups excluding carboxylic acids is 2. The summed E-state index contributed by atoms with van der Waals surface area (Å²) in [7, 11) is 0. The van der Waals surface area contributed by atoms with Gasteiger partial charge in [-0.2, -0.15) is 11.8 Å². The van der Waals surface area contributed by atoms with Crippen molar-refractivity contribution < 1.29 is 9.59 Å². The van der Waals surface area contributed by atoms with E-state index in [9.17, 15) is 9.59 Å². The van der Waals surface area contributed by atoms with Gasteiger partial charge in [0, 0.05) is 9.50 Å². The van der Waals surface area contributed by atoms with Gasteiger partial charge in [-0.25, -0.2) is 0 Å². The average molecular weight is 470 g/mol. The van der Waals surface area contributed by atoms with E-state index < -0.39 is 6.04 Å². The van der Waals surface area contributed by atoms with Gasteiger partial charge in [0.1, 0.15) is 6.04 Å². The summed E-state index contributed by atoms with van der Waals surface area (Å²) < 4.78 is 0.691. The fourth-order valence-electron chi connectivity index (χ4n) is 2.60. The molecule has 0 aliphatic heterocycles. The van der Waals surface area contributed by atoms with Crippen LogP contribution in [0.1, 0.15) is 35.3 Å². The molecule has 0 spiro atoms. The van der Waals surface area contributed by atoms with Crippen LogP contribution in [-0.4, -0.2) is 29.9 Å². The van der Waals surface area contributed by atoms with Crippen molar-refractivity contribution in [2.75, 3.05) is 12.0 Å². The van der Waals surface area contributed by atoms with Crippen LogP contribution in [-0.2, 0) is 4.79 Å². The van der Waals surface area contributed by atoms with Crippen molar-refractivity contribution >= 4 is 51.1 Å². The largest absolute Gasteiger partial charge is 0.348 e. The average Bonchev–Trinajstić information content (AvgIpc) is 2.65. The second kappa shape index (κ2) is 10.7. The van der Waals surface area contributed by atoms with Gasteiger partial charge in [-0.15, -0.1) is 0 Å². The zero-order valence-electron chi connectivity index (χ0n) is 15.2. The fraction of sp³-hybridized carbons (Fsp3) is 0.300. The second-order valence-corrected chi connectivity index (χ2v) is 8.29. The van der Waals surface area contributed by atoms with Gasteiger partial charge < -0.3 is 10.6 Å². The van der Waals surface area contributed by atoms with E-state index in [4.69, 9.17) is 11.6 Å². The standard InChI is InChI=1S/C20H22BrClN2O2S/c1-13(14-7-4-6-10-17(14)22)23-20(26)18(11-12-27-2)24-19(25)15-8-3-5-9-16(15)21/h3-10,13,18H,11-12H2,1-2H3,(H,23,26)(H,24,25). The van der Waals surface area contributed by atoms with Gasteiger partial charge in [-0.1, -0.05) is 41.9 Å². The summed E-state index contributed by atoms with van der Waals surface area (Å²) in [5, 5.41) is 6.41. The Morgan fingerprint density at radius 2 is 1.78 bits per heavy atom. The molecular formula is C20H22BrClN2O2S. The second-order valence-electron chi connectivity index (χ2n) is 6.04. The number of benzene rings is 2. The Bertz CT molecular complexity index is 803. The molecule has 7 heteroatoms. The Balaban J connectivity index is 2.10. The van der Waals surface area contributed by atoms with Gasteiger partial charge in [0.05, 0.1) is 11.6 Å². The summed E-state index contributed by atoms with van der Waals surface area (Å²) in [6.45, 7) is 1.88. The van der Waals surface area contributed by atoms with E-state index in [1.165, 1.54) is 0 Å². The van der Waals surface area contributed by atoms with Crippen molar-refractivity contribution in [3.63, 3.8) is 0 Å². The number of amides is 2. The maximum Gasteiger partial charge on any atom is 0.253 e.